The molecular weight excluding hydrogens is 388 g/mol. The van der Waals surface area contributed by atoms with Crippen LogP contribution in [0.1, 0.15) is 54.7 Å². The van der Waals surface area contributed by atoms with Crippen molar-refractivity contribution < 1.29 is 14.3 Å². The van der Waals surface area contributed by atoms with Gasteiger partial charge in [0.15, 0.2) is 0 Å². The van der Waals surface area contributed by atoms with Crippen molar-refractivity contribution in [2.75, 3.05) is 13.7 Å². The summed E-state index contributed by atoms with van der Waals surface area (Å²) >= 11 is 5.95. The minimum absolute atomic E-state index is 0.0435. The van der Waals surface area contributed by atoms with E-state index in [1.54, 1.807) is 24.3 Å². The van der Waals surface area contributed by atoms with Crippen LogP contribution in [0.15, 0.2) is 48.5 Å². The molecule has 0 bridgehead atoms. The summed E-state index contributed by atoms with van der Waals surface area (Å²) in [5.74, 6) is -0.634. The number of hydrogen-bond acceptors (Lipinski definition) is 4. The molecule has 0 aliphatic carbocycles. The molecule has 0 aliphatic rings. The summed E-state index contributed by atoms with van der Waals surface area (Å²) in [7, 11) is 1.33. The van der Waals surface area contributed by atoms with Crippen LogP contribution in [0, 0.1) is 0 Å². The molecule has 1 amide bonds. The van der Waals surface area contributed by atoms with Crippen LogP contribution in [0.2, 0.25) is 5.02 Å². The fourth-order valence-electron chi connectivity index (χ4n) is 3.09. The zero-order valence-electron chi connectivity index (χ0n) is 17.4. The molecule has 2 rings (SSSR count). The Labute approximate surface area is 178 Å². The van der Waals surface area contributed by atoms with E-state index < -0.39 is 12.0 Å². The summed E-state index contributed by atoms with van der Waals surface area (Å²) in [6.45, 7) is 8.29. The van der Waals surface area contributed by atoms with Crippen LogP contribution in [0.25, 0.3) is 0 Å². The van der Waals surface area contributed by atoms with Gasteiger partial charge in [0.1, 0.15) is 0 Å². The molecule has 5 nitrogen and oxygen atoms in total. The summed E-state index contributed by atoms with van der Waals surface area (Å²) in [4.78, 5) is 26.9. The highest BCUT2D eigenvalue weighted by Gasteiger charge is 2.20. The Balaban J connectivity index is 2.11. The van der Waals surface area contributed by atoms with Crippen LogP contribution in [0.5, 0.6) is 0 Å². The zero-order chi connectivity index (χ0) is 21.4. The molecule has 0 saturated carbocycles. The van der Waals surface area contributed by atoms with Gasteiger partial charge in [-0.2, -0.15) is 0 Å². The topological polar surface area (TPSA) is 58.6 Å². The maximum atomic E-state index is 12.8. The van der Waals surface area contributed by atoms with Crippen molar-refractivity contribution in [3.05, 3.63) is 70.2 Å². The first-order valence-electron chi connectivity index (χ1n) is 9.80. The highest BCUT2D eigenvalue weighted by molar-refractivity contribution is 6.30. The number of nitrogens with zero attached hydrogens (tertiary/aromatic N) is 1. The van der Waals surface area contributed by atoms with Crippen LogP contribution in [0.4, 0.5) is 0 Å². The number of amides is 1. The second-order valence-electron chi connectivity index (χ2n) is 7.21. The summed E-state index contributed by atoms with van der Waals surface area (Å²) in [6, 6.07) is 14.6. The van der Waals surface area contributed by atoms with Crippen molar-refractivity contribution in [1.82, 2.24) is 10.2 Å². The number of esters is 1. The number of rotatable bonds is 9. The van der Waals surface area contributed by atoms with Crippen LogP contribution in [-0.4, -0.2) is 36.5 Å². The first-order chi connectivity index (χ1) is 13.8. The van der Waals surface area contributed by atoms with Gasteiger partial charge in [0.2, 0.25) is 0 Å². The molecule has 2 aromatic carbocycles. The molecule has 0 aliphatic heterocycles. The average Bonchev–Trinajstić information content (AvgIpc) is 2.72. The third-order valence-electron chi connectivity index (χ3n) is 4.91. The van der Waals surface area contributed by atoms with Gasteiger partial charge >= 0.3 is 5.97 Å². The van der Waals surface area contributed by atoms with Gasteiger partial charge in [0, 0.05) is 23.2 Å². The van der Waals surface area contributed by atoms with Gasteiger partial charge < -0.3 is 10.1 Å². The molecule has 6 heteroatoms. The highest BCUT2D eigenvalue weighted by atomic mass is 35.5. The van der Waals surface area contributed by atoms with E-state index >= 15 is 0 Å². The number of hydrogen-bond donors (Lipinski definition) is 1. The molecule has 0 saturated heterocycles. The Morgan fingerprint density at radius 1 is 1.07 bits per heavy atom. The van der Waals surface area contributed by atoms with E-state index in [-0.39, 0.29) is 12.3 Å². The van der Waals surface area contributed by atoms with Gasteiger partial charge in [0.25, 0.3) is 5.91 Å². The largest absolute Gasteiger partial charge is 0.469 e. The van der Waals surface area contributed by atoms with E-state index in [0.717, 1.165) is 24.2 Å². The van der Waals surface area contributed by atoms with Crippen molar-refractivity contribution in [3.63, 3.8) is 0 Å². The molecule has 1 N–H and O–H groups in total. The molecule has 1 atom stereocenters. The number of ether oxygens (including phenoxy) is 1. The summed E-state index contributed by atoms with van der Waals surface area (Å²) < 4.78 is 4.77. The monoisotopic (exact) mass is 416 g/mol. The summed E-state index contributed by atoms with van der Waals surface area (Å²) in [5, 5.41) is 3.52. The highest BCUT2D eigenvalue weighted by Crippen LogP contribution is 2.21. The smallest absolute Gasteiger partial charge is 0.307 e. The van der Waals surface area contributed by atoms with Crippen LogP contribution < -0.4 is 5.32 Å². The lowest BCUT2D eigenvalue weighted by molar-refractivity contribution is -0.141. The van der Waals surface area contributed by atoms with Gasteiger partial charge in [-0.25, -0.2) is 0 Å². The summed E-state index contributed by atoms with van der Waals surface area (Å²) in [6.07, 6.45) is 0.0435. The van der Waals surface area contributed by atoms with Gasteiger partial charge in [-0.1, -0.05) is 42.8 Å². The number of nitrogens with one attached hydrogen (secondary N) is 1. The minimum atomic E-state index is -0.497. The minimum Gasteiger partial charge on any atom is -0.469 e. The van der Waals surface area contributed by atoms with E-state index in [1.807, 2.05) is 24.3 Å². The van der Waals surface area contributed by atoms with Crippen molar-refractivity contribution in [2.24, 2.45) is 0 Å². The first kappa shape index (κ1) is 22.9. The van der Waals surface area contributed by atoms with Crippen molar-refractivity contribution in [1.29, 1.82) is 0 Å². The van der Waals surface area contributed by atoms with E-state index in [2.05, 4.69) is 31.0 Å². The lowest BCUT2D eigenvalue weighted by Gasteiger charge is -2.24. The predicted molar refractivity (Wildman–Crippen MR) is 116 cm³/mol. The standard InChI is InChI=1S/C23H29ClN2O3/c1-5-26(16(2)3)15-17-6-8-19(9-7-17)23(28)25-21(14-22(27)29-4)18-10-12-20(24)13-11-18/h6-13,16,21H,5,14-15H2,1-4H3,(H,25,28). The number of methoxy groups -OCH3 is 1. The lowest BCUT2D eigenvalue weighted by atomic mass is 10.0. The number of carbonyl (C=O) groups is 2. The third kappa shape index (κ3) is 6.87. The van der Waals surface area contributed by atoms with Gasteiger partial charge in [-0.3, -0.25) is 14.5 Å². The molecule has 29 heavy (non-hydrogen) atoms. The fraction of sp³-hybridized carbons (Fsp3) is 0.391. The maximum absolute atomic E-state index is 12.8. The first-order valence-corrected chi connectivity index (χ1v) is 10.2. The molecule has 0 spiro atoms. The Morgan fingerprint density at radius 2 is 1.69 bits per heavy atom. The SMILES string of the molecule is CCN(Cc1ccc(C(=O)NC(CC(=O)OC)c2ccc(Cl)cc2)cc1)C(C)C. The van der Waals surface area contributed by atoms with Crippen molar-refractivity contribution in [2.45, 2.75) is 45.8 Å². The van der Waals surface area contributed by atoms with Crippen molar-refractivity contribution >= 4 is 23.5 Å². The van der Waals surface area contributed by atoms with E-state index in [4.69, 9.17) is 16.3 Å². The van der Waals surface area contributed by atoms with E-state index in [0.29, 0.717) is 16.6 Å². The van der Waals surface area contributed by atoms with Gasteiger partial charge in [0.05, 0.1) is 19.6 Å². The maximum Gasteiger partial charge on any atom is 0.307 e. The fourth-order valence-corrected chi connectivity index (χ4v) is 3.22. The average molecular weight is 417 g/mol. The normalized spacial score (nSPS) is 12.1. The second kappa shape index (κ2) is 11.0. The zero-order valence-corrected chi connectivity index (χ0v) is 18.2. The van der Waals surface area contributed by atoms with E-state index in [9.17, 15) is 9.59 Å². The van der Waals surface area contributed by atoms with Gasteiger partial charge in [-0.05, 0) is 55.8 Å². The predicted octanol–water partition coefficient (Wildman–Crippen LogP) is 4.60. The van der Waals surface area contributed by atoms with Crippen molar-refractivity contribution in [3.8, 4) is 0 Å². The van der Waals surface area contributed by atoms with Crippen LogP contribution in [0.3, 0.4) is 0 Å². The van der Waals surface area contributed by atoms with Crippen LogP contribution >= 0.6 is 11.6 Å². The van der Waals surface area contributed by atoms with E-state index in [1.165, 1.54) is 7.11 Å². The molecule has 1 unspecified atom stereocenters. The molecular formula is C23H29ClN2O3. The lowest BCUT2D eigenvalue weighted by Crippen LogP contribution is -2.31. The number of benzene rings is 2. The molecule has 0 radical (unpaired) electrons. The second-order valence-corrected chi connectivity index (χ2v) is 7.65. The molecule has 0 fully saturated rings. The summed E-state index contributed by atoms with van der Waals surface area (Å²) in [5.41, 5.74) is 2.49. The third-order valence-corrected chi connectivity index (χ3v) is 5.17. The molecule has 0 heterocycles. The molecule has 2 aromatic rings. The Bertz CT molecular complexity index is 804. The van der Waals surface area contributed by atoms with Gasteiger partial charge in [-0.15, -0.1) is 0 Å². The Hall–Kier alpha value is -2.37. The number of carbonyl (C=O) groups excluding carboxylic acids is 2. The molecule has 0 aromatic heterocycles. The number of halogens is 1. The Kier molecular flexibility index (Phi) is 8.68. The molecule has 156 valence electrons. The Morgan fingerprint density at radius 3 is 2.21 bits per heavy atom. The quantitative estimate of drug-likeness (QED) is 0.606. The van der Waals surface area contributed by atoms with Crippen LogP contribution in [-0.2, 0) is 16.1 Å².